The lowest BCUT2D eigenvalue weighted by molar-refractivity contribution is -0.385. The first-order valence-corrected chi connectivity index (χ1v) is 9.01. The first-order valence-electron chi connectivity index (χ1n) is 9.01. The van der Waals surface area contributed by atoms with E-state index >= 15 is 0 Å². The molecule has 1 heterocycles. The topological polar surface area (TPSA) is 124 Å². The predicted molar refractivity (Wildman–Crippen MR) is 106 cm³/mol. The summed E-state index contributed by atoms with van der Waals surface area (Å²) in [5, 5.41) is 20.5. The summed E-state index contributed by atoms with van der Waals surface area (Å²) in [6, 6.07) is 15.0. The Labute approximate surface area is 171 Å². The van der Waals surface area contributed by atoms with Crippen LogP contribution < -0.4 is 4.74 Å². The van der Waals surface area contributed by atoms with Gasteiger partial charge in [-0.3, -0.25) is 14.9 Å². The molecule has 0 aliphatic carbocycles. The summed E-state index contributed by atoms with van der Waals surface area (Å²) in [4.78, 5) is 34.9. The number of nitro groups is 1. The third kappa shape index (κ3) is 4.62. The van der Waals surface area contributed by atoms with Crippen LogP contribution in [0.4, 0.5) is 5.69 Å². The third-order valence-corrected chi connectivity index (χ3v) is 4.33. The minimum Gasteiger partial charge on any atom is -0.475 e. The SMILES string of the molecule is N#CCCn1cc(C(=O)COC(=O)COc2ccccc2[N+](=O)[O-])c2ccccc21. The van der Waals surface area contributed by atoms with Gasteiger partial charge in [0.1, 0.15) is 0 Å². The minimum absolute atomic E-state index is 0.0636. The first-order chi connectivity index (χ1) is 14.5. The molecule has 0 aliphatic rings. The number of benzene rings is 2. The van der Waals surface area contributed by atoms with Gasteiger partial charge in [0.05, 0.1) is 17.4 Å². The molecular formula is C21H17N3O6. The summed E-state index contributed by atoms with van der Waals surface area (Å²) in [5.74, 6) is -1.29. The van der Waals surface area contributed by atoms with Gasteiger partial charge >= 0.3 is 11.7 Å². The largest absolute Gasteiger partial charge is 0.475 e. The van der Waals surface area contributed by atoms with Crippen LogP contribution in [0.15, 0.2) is 54.7 Å². The molecular weight excluding hydrogens is 390 g/mol. The second kappa shape index (κ2) is 9.34. The normalized spacial score (nSPS) is 10.4. The van der Waals surface area contributed by atoms with Crippen LogP contribution in [0, 0.1) is 21.4 Å². The Bertz CT molecular complexity index is 1150. The van der Waals surface area contributed by atoms with E-state index in [9.17, 15) is 19.7 Å². The average Bonchev–Trinajstić information content (AvgIpc) is 3.13. The van der Waals surface area contributed by atoms with E-state index in [4.69, 9.17) is 14.7 Å². The number of carbonyl (C=O) groups excluding carboxylic acids is 2. The maximum Gasteiger partial charge on any atom is 0.344 e. The van der Waals surface area contributed by atoms with Gasteiger partial charge in [-0.1, -0.05) is 30.3 Å². The predicted octanol–water partition coefficient (Wildman–Crippen LogP) is 3.27. The lowest BCUT2D eigenvalue weighted by Crippen LogP contribution is -2.19. The van der Waals surface area contributed by atoms with E-state index in [2.05, 4.69) is 6.07 Å². The Morgan fingerprint density at radius 2 is 1.83 bits per heavy atom. The number of ketones is 1. The molecule has 152 valence electrons. The number of aryl methyl sites for hydroxylation is 1. The van der Waals surface area contributed by atoms with Crippen molar-refractivity contribution in [3.05, 3.63) is 70.4 Å². The van der Waals surface area contributed by atoms with Crippen LogP contribution in [0.25, 0.3) is 10.9 Å². The van der Waals surface area contributed by atoms with E-state index in [-0.39, 0.29) is 11.4 Å². The molecule has 0 N–H and O–H groups in total. The van der Waals surface area contributed by atoms with Crippen LogP contribution in [0.5, 0.6) is 5.75 Å². The number of ether oxygens (including phenoxy) is 2. The van der Waals surface area contributed by atoms with Gasteiger partial charge < -0.3 is 14.0 Å². The van der Waals surface area contributed by atoms with Crippen LogP contribution in [-0.4, -0.2) is 34.5 Å². The fraction of sp³-hybridized carbons (Fsp3) is 0.190. The van der Waals surface area contributed by atoms with Crippen molar-refractivity contribution in [3.8, 4) is 11.8 Å². The second-order valence-corrected chi connectivity index (χ2v) is 6.26. The summed E-state index contributed by atoms with van der Waals surface area (Å²) in [6.07, 6.45) is 1.94. The van der Waals surface area contributed by atoms with Crippen molar-refractivity contribution >= 4 is 28.3 Å². The van der Waals surface area contributed by atoms with Gasteiger partial charge in [-0.25, -0.2) is 4.79 Å². The Morgan fingerprint density at radius 1 is 1.10 bits per heavy atom. The van der Waals surface area contributed by atoms with E-state index in [1.54, 1.807) is 24.4 Å². The van der Waals surface area contributed by atoms with Crippen molar-refractivity contribution < 1.29 is 24.0 Å². The van der Waals surface area contributed by atoms with Gasteiger partial charge in [-0.15, -0.1) is 0 Å². The molecule has 3 aromatic rings. The number of rotatable bonds is 9. The van der Waals surface area contributed by atoms with Gasteiger partial charge in [0.25, 0.3) is 0 Å². The highest BCUT2D eigenvalue weighted by molar-refractivity contribution is 6.09. The zero-order valence-electron chi connectivity index (χ0n) is 15.8. The highest BCUT2D eigenvalue weighted by atomic mass is 16.6. The lowest BCUT2D eigenvalue weighted by Gasteiger charge is -2.07. The van der Waals surface area contributed by atoms with Crippen LogP contribution in [-0.2, 0) is 16.1 Å². The number of Topliss-reactive ketones (excluding diaryl/α,β-unsaturated/α-hetero) is 1. The molecule has 0 bridgehead atoms. The summed E-state index contributed by atoms with van der Waals surface area (Å²) >= 11 is 0. The van der Waals surface area contributed by atoms with Gasteiger partial charge in [0.15, 0.2) is 19.0 Å². The van der Waals surface area contributed by atoms with E-state index in [1.165, 1.54) is 18.2 Å². The van der Waals surface area contributed by atoms with Crippen molar-refractivity contribution in [2.45, 2.75) is 13.0 Å². The molecule has 0 fully saturated rings. The van der Waals surface area contributed by atoms with Crippen LogP contribution in [0.1, 0.15) is 16.8 Å². The number of nitrogens with zero attached hydrogens (tertiary/aromatic N) is 3. The number of nitriles is 1. The average molecular weight is 407 g/mol. The monoisotopic (exact) mass is 407 g/mol. The summed E-state index contributed by atoms with van der Waals surface area (Å²) < 4.78 is 11.9. The summed E-state index contributed by atoms with van der Waals surface area (Å²) in [5.41, 5.74) is 0.921. The molecule has 2 aromatic carbocycles. The molecule has 0 unspecified atom stereocenters. The highest BCUT2D eigenvalue weighted by Gasteiger charge is 2.18. The maximum absolute atomic E-state index is 12.6. The van der Waals surface area contributed by atoms with Crippen molar-refractivity contribution in [1.82, 2.24) is 4.57 Å². The summed E-state index contributed by atoms with van der Waals surface area (Å²) in [6.45, 7) is -0.624. The van der Waals surface area contributed by atoms with E-state index < -0.39 is 29.9 Å². The molecule has 0 radical (unpaired) electrons. The van der Waals surface area contributed by atoms with E-state index in [1.807, 2.05) is 16.7 Å². The second-order valence-electron chi connectivity index (χ2n) is 6.26. The van der Waals surface area contributed by atoms with Crippen molar-refractivity contribution in [3.63, 3.8) is 0 Å². The van der Waals surface area contributed by atoms with Crippen molar-refractivity contribution in [1.29, 1.82) is 5.26 Å². The Hall–Kier alpha value is -4.19. The van der Waals surface area contributed by atoms with Gasteiger partial charge in [0, 0.05) is 35.3 Å². The number of hydrogen-bond acceptors (Lipinski definition) is 7. The number of nitro benzene ring substituents is 1. The standard InChI is InChI=1S/C21H17N3O6/c22-10-5-11-23-12-16(15-6-1-2-7-17(15)23)19(25)13-30-21(26)14-29-20-9-4-3-8-18(20)24(27)28/h1-4,6-9,12H,5,11,13-14H2. The molecule has 0 spiro atoms. The third-order valence-electron chi connectivity index (χ3n) is 4.33. The minimum atomic E-state index is -0.824. The molecule has 0 atom stereocenters. The van der Waals surface area contributed by atoms with E-state index in [0.29, 0.717) is 23.9 Å². The summed E-state index contributed by atoms with van der Waals surface area (Å²) in [7, 11) is 0. The molecule has 3 rings (SSSR count). The van der Waals surface area contributed by atoms with Gasteiger partial charge in [0.2, 0.25) is 5.78 Å². The molecule has 0 amide bonds. The fourth-order valence-electron chi connectivity index (χ4n) is 2.96. The molecule has 0 saturated heterocycles. The van der Waals surface area contributed by atoms with Crippen LogP contribution >= 0.6 is 0 Å². The zero-order valence-corrected chi connectivity index (χ0v) is 15.8. The van der Waals surface area contributed by atoms with Crippen molar-refractivity contribution in [2.75, 3.05) is 13.2 Å². The van der Waals surface area contributed by atoms with E-state index in [0.717, 1.165) is 5.52 Å². The number of para-hydroxylation sites is 3. The van der Waals surface area contributed by atoms with Crippen LogP contribution in [0.3, 0.4) is 0 Å². The smallest absolute Gasteiger partial charge is 0.344 e. The fourth-order valence-corrected chi connectivity index (χ4v) is 2.96. The molecule has 0 saturated carbocycles. The maximum atomic E-state index is 12.6. The molecule has 9 heteroatoms. The quantitative estimate of drug-likeness (QED) is 0.231. The van der Waals surface area contributed by atoms with Gasteiger partial charge in [-0.2, -0.15) is 5.26 Å². The zero-order chi connectivity index (χ0) is 21.5. The Balaban J connectivity index is 1.63. The number of hydrogen-bond donors (Lipinski definition) is 0. The Kier molecular flexibility index (Phi) is 6.39. The lowest BCUT2D eigenvalue weighted by atomic mass is 10.1. The number of esters is 1. The van der Waals surface area contributed by atoms with Crippen molar-refractivity contribution in [2.24, 2.45) is 0 Å². The molecule has 9 nitrogen and oxygen atoms in total. The number of carbonyl (C=O) groups is 2. The molecule has 0 aliphatic heterocycles. The Morgan fingerprint density at radius 3 is 2.60 bits per heavy atom. The molecule has 30 heavy (non-hydrogen) atoms. The number of fused-ring (bicyclic) bond motifs is 1. The number of aromatic nitrogens is 1. The first kappa shape index (κ1) is 20.5. The van der Waals surface area contributed by atoms with Gasteiger partial charge in [-0.05, 0) is 12.1 Å². The van der Waals surface area contributed by atoms with Crippen LogP contribution in [0.2, 0.25) is 0 Å². The highest BCUT2D eigenvalue weighted by Crippen LogP contribution is 2.26. The molecule has 1 aromatic heterocycles.